The topological polar surface area (TPSA) is 46.5 Å². The number of carbonyl (C=O) groups excluding carboxylic acids is 1. The number of hydrogen-bond acceptors (Lipinski definition) is 3. The Bertz CT molecular complexity index is 545. The highest BCUT2D eigenvalue weighted by atomic mass is 16.5. The second-order valence-electron chi connectivity index (χ2n) is 10.1. The number of ether oxygens (including phenoxy) is 1. The highest BCUT2D eigenvalue weighted by Gasteiger charge is 2.62. The van der Waals surface area contributed by atoms with Crippen LogP contribution in [0.5, 0.6) is 0 Å². The third-order valence-corrected chi connectivity index (χ3v) is 9.42. The first-order valence-electron chi connectivity index (χ1n) is 10.6. The van der Waals surface area contributed by atoms with Crippen LogP contribution in [-0.2, 0) is 9.53 Å². The number of rotatable bonds is 2. The molecule has 0 heterocycles. The van der Waals surface area contributed by atoms with Crippen molar-refractivity contribution >= 4 is 5.78 Å². The van der Waals surface area contributed by atoms with Gasteiger partial charge in [0, 0.05) is 19.4 Å². The predicted molar refractivity (Wildman–Crippen MR) is 98.1 cm³/mol. The normalized spacial score (nSPS) is 55.4. The van der Waals surface area contributed by atoms with Crippen LogP contribution in [0.2, 0.25) is 0 Å². The van der Waals surface area contributed by atoms with Crippen molar-refractivity contribution in [1.29, 1.82) is 0 Å². The minimum absolute atomic E-state index is 0.0121. The minimum Gasteiger partial charge on any atom is -0.390 e. The summed E-state index contributed by atoms with van der Waals surface area (Å²) in [5.74, 6) is 3.46. The van der Waals surface area contributed by atoms with Gasteiger partial charge in [-0.05, 0) is 79.4 Å². The molecule has 3 heteroatoms. The van der Waals surface area contributed by atoms with Crippen molar-refractivity contribution in [3.05, 3.63) is 0 Å². The zero-order valence-corrected chi connectivity index (χ0v) is 16.5. The highest BCUT2D eigenvalue weighted by Crippen LogP contribution is 2.67. The van der Waals surface area contributed by atoms with E-state index < -0.39 is 0 Å². The molecule has 1 N–H and O–H groups in total. The van der Waals surface area contributed by atoms with Crippen molar-refractivity contribution in [3.63, 3.8) is 0 Å². The second kappa shape index (κ2) is 6.05. The van der Waals surface area contributed by atoms with Gasteiger partial charge in [0.1, 0.15) is 5.78 Å². The molecule has 4 rings (SSSR count). The summed E-state index contributed by atoms with van der Waals surface area (Å²) in [4.78, 5) is 12.7. The molecule has 0 aromatic rings. The molecule has 142 valence electrons. The summed E-state index contributed by atoms with van der Waals surface area (Å²) in [7, 11) is 1.75. The molecule has 0 aromatic heterocycles. The Balaban J connectivity index is 1.64. The molecule has 0 aromatic carbocycles. The number of Topliss-reactive ketones (excluding diaryl/α,β-unsaturated/α-hetero) is 1. The summed E-state index contributed by atoms with van der Waals surface area (Å²) in [6, 6.07) is 0. The molecule has 0 radical (unpaired) electrons. The smallest absolute Gasteiger partial charge is 0.136 e. The molecule has 0 saturated heterocycles. The van der Waals surface area contributed by atoms with Crippen molar-refractivity contribution in [2.45, 2.75) is 84.3 Å². The average Bonchev–Trinajstić information content (AvgIpc) is 2.84. The van der Waals surface area contributed by atoms with Crippen LogP contribution in [0, 0.1) is 40.4 Å². The summed E-state index contributed by atoms with van der Waals surface area (Å²) in [5.41, 5.74) is 0.516. The number of carbonyl (C=O) groups is 1. The van der Waals surface area contributed by atoms with E-state index in [1.54, 1.807) is 7.11 Å². The first-order chi connectivity index (χ1) is 11.8. The van der Waals surface area contributed by atoms with Gasteiger partial charge in [-0.1, -0.05) is 20.8 Å². The lowest BCUT2D eigenvalue weighted by Gasteiger charge is -2.61. The number of aliphatic hydroxyl groups is 1. The fourth-order valence-electron chi connectivity index (χ4n) is 8.08. The molecule has 3 nitrogen and oxygen atoms in total. The molecule has 4 fully saturated rings. The maximum atomic E-state index is 12.7. The lowest BCUT2D eigenvalue weighted by atomic mass is 9.44. The molecule has 0 aliphatic heterocycles. The van der Waals surface area contributed by atoms with Crippen molar-refractivity contribution < 1.29 is 14.6 Å². The number of hydrogen-bond donors (Lipinski definition) is 1. The average molecular weight is 349 g/mol. The van der Waals surface area contributed by atoms with Gasteiger partial charge in [0.25, 0.3) is 0 Å². The molecule has 9 unspecified atom stereocenters. The maximum Gasteiger partial charge on any atom is 0.136 e. The van der Waals surface area contributed by atoms with Gasteiger partial charge in [0.05, 0.1) is 12.2 Å². The van der Waals surface area contributed by atoms with Crippen LogP contribution >= 0.6 is 0 Å². The first-order valence-corrected chi connectivity index (χ1v) is 10.6. The first kappa shape index (κ1) is 18.0. The summed E-state index contributed by atoms with van der Waals surface area (Å²) < 4.78 is 5.65. The molecule has 4 aliphatic rings. The van der Waals surface area contributed by atoms with Crippen molar-refractivity contribution in [3.8, 4) is 0 Å². The molecule has 9 atom stereocenters. The second-order valence-corrected chi connectivity index (χ2v) is 10.1. The number of methoxy groups -OCH3 is 1. The number of ketones is 1. The quantitative estimate of drug-likeness (QED) is 0.813. The minimum atomic E-state index is -0.300. The van der Waals surface area contributed by atoms with E-state index in [2.05, 4.69) is 20.8 Å². The Kier molecular flexibility index (Phi) is 4.35. The molecule has 0 bridgehead atoms. The lowest BCUT2D eigenvalue weighted by molar-refractivity contribution is -0.165. The van der Waals surface area contributed by atoms with E-state index in [4.69, 9.17) is 4.74 Å². The van der Waals surface area contributed by atoms with Gasteiger partial charge < -0.3 is 9.84 Å². The van der Waals surface area contributed by atoms with Crippen LogP contribution in [-0.4, -0.2) is 30.2 Å². The van der Waals surface area contributed by atoms with Gasteiger partial charge >= 0.3 is 0 Å². The van der Waals surface area contributed by atoms with Gasteiger partial charge in [-0.25, -0.2) is 0 Å². The Morgan fingerprint density at radius 1 is 1.16 bits per heavy atom. The fourth-order valence-corrected chi connectivity index (χ4v) is 8.08. The summed E-state index contributed by atoms with van der Waals surface area (Å²) in [6.45, 7) is 7.10. The van der Waals surface area contributed by atoms with Crippen LogP contribution in [0.1, 0.15) is 72.1 Å². The van der Waals surface area contributed by atoms with Gasteiger partial charge in [0.2, 0.25) is 0 Å². The SMILES string of the molecule is CCC1C(=O)CC2C3CCC4CC(O)C(OC)CC4(C)C3CCC12C. The van der Waals surface area contributed by atoms with E-state index in [1.165, 1.54) is 25.7 Å². The summed E-state index contributed by atoms with van der Waals surface area (Å²) in [5, 5.41) is 10.4. The van der Waals surface area contributed by atoms with Crippen molar-refractivity contribution in [1.82, 2.24) is 0 Å². The fraction of sp³-hybridized carbons (Fsp3) is 0.955. The molecule has 4 saturated carbocycles. The number of aliphatic hydroxyl groups excluding tert-OH is 1. The molecular formula is C22H36O3. The van der Waals surface area contributed by atoms with Crippen LogP contribution in [0.25, 0.3) is 0 Å². The van der Waals surface area contributed by atoms with E-state index in [9.17, 15) is 9.90 Å². The van der Waals surface area contributed by atoms with Gasteiger partial charge in [-0.3, -0.25) is 4.79 Å². The van der Waals surface area contributed by atoms with Crippen molar-refractivity contribution in [2.75, 3.05) is 7.11 Å². The van der Waals surface area contributed by atoms with Gasteiger partial charge in [-0.15, -0.1) is 0 Å². The molecular weight excluding hydrogens is 312 g/mol. The van der Waals surface area contributed by atoms with E-state index in [1.807, 2.05) is 0 Å². The van der Waals surface area contributed by atoms with Crippen LogP contribution in [0.4, 0.5) is 0 Å². The largest absolute Gasteiger partial charge is 0.390 e. The molecule has 25 heavy (non-hydrogen) atoms. The van der Waals surface area contributed by atoms with Crippen LogP contribution < -0.4 is 0 Å². The molecule has 0 amide bonds. The zero-order chi connectivity index (χ0) is 18.0. The molecule has 4 aliphatic carbocycles. The Morgan fingerprint density at radius 3 is 2.60 bits per heavy atom. The predicted octanol–water partition coefficient (Wildman–Crippen LogP) is 4.22. The molecule has 0 spiro atoms. The van der Waals surface area contributed by atoms with Gasteiger partial charge in [-0.2, -0.15) is 0 Å². The number of fused-ring (bicyclic) bond motifs is 5. The third-order valence-electron chi connectivity index (χ3n) is 9.42. The third kappa shape index (κ3) is 2.41. The van der Waals surface area contributed by atoms with Crippen molar-refractivity contribution in [2.24, 2.45) is 40.4 Å². The van der Waals surface area contributed by atoms with Gasteiger partial charge in [0.15, 0.2) is 0 Å². The standard InChI is InChI=1S/C22H36O3/c1-5-15-18(23)11-17-14-7-6-13-10-19(24)20(25-4)12-22(13,3)16(14)8-9-21(15,17)2/h13-17,19-20,24H,5-12H2,1-4H3. The maximum absolute atomic E-state index is 12.7. The Labute approximate surface area is 152 Å². The van der Waals surface area contributed by atoms with E-state index >= 15 is 0 Å². The Morgan fingerprint density at radius 2 is 1.92 bits per heavy atom. The van der Waals surface area contributed by atoms with Crippen LogP contribution in [0.15, 0.2) is 0 Å². The monoisotopic (exact) mass is 348 g/mol. The summed E-state index contributed by atoms with van der Waals surface area (Å²) >= 11 is 0. The van der Waals surface area contributed by atoms with Crippen LogP contribution in [0.3, 0.4) is 0 Å². The van der Waals surface area contributed by atoms with E-state index in [0.29, 0.717) is 35.4 Å². The van der Waals surface area contributed by atoms with E-state index in [0.717, 1.165) is 25.7 Å². The highest BCUT2D eigenvalue weighted by molar-refractivity contribution is 5.84. The Hall–Kier alpha value is -0.410. The lowest BCUT2D eigenvalue weighted by Crippen LogP contribution is -2.56. The zero-order valence-electron chi connectivity index (χ0n) is 16.5. The summed E-state index contributed by atoms with van der Waals surface area (Å²) in [6.07, 6.45) is 8.39. The van der Waals surface area contributed by atoms with E-state index in [-0.39, 0.29) is 23.0 Å².